The topological polar surface area (TPSA) is 29.5 Å². The SMILES string of the molecule is COc1ccc(C(O)Cc2ccccc2C)c(F)c1. The van der Waals surface area contributed by atoms with Crippen molar-refractivity contribution in [2.45, 2.75) is 19.4 Å². The molecule has 19 heavy (non-hydrogen) atoms. The second-order valence-electron chi connectivity index (χ2n) is 4.53. The van der Waals surface area contributed by atoms with E-state index < -0.39 is 11.9 Å². The molecule has 100 valence electrons. The van der Waals surface area contributed by atoms with Crippen LogP contribution in [0.15, 0.2) is 42.5 Å². The molecule has 0 aromatic heterocycles. The molecule has 2 aromatic carbocycles. The Bertz CT molecular complexity index is 566. The van der Waals surface area contributed by atoms with Crippen LogP contribution in [0.4, 0.5) is 4.39 Å². The average Bonchev–Trinajstić information content (AvgIpc) is 2.41. The van der Waals surface area contributed by atoms with Crippen LogP contribution >= 0.6 is 0 Å². The Morgan fingerprint density at radius 3 is 2.58 bits per heavy atom. The number of aryl methyl sites for hydroxylation is 1. The van der Waals surface area contributed by atoms with Crippen LogP contribution in [0.2, 0.25) is 0 Å². The van der Waals surface area contributed by atoms with Crippen molar-refractivity contribution < 1.29 is 14.2 Å². The molecule has 0 radical (unpaired) electrons. The highest BCUT2D eigenvalue weighted by atomic mass is 19.1. The molecule has 0 amide bonds. The zero-order valence-corrected chi connectivity index (χ0v) is 11.1. The van der Waals surface area contributed by atoms with Crippen molar-refractivity contribution in [3.05, 3.63) is 65.0 Å². The first-order valence-corrected chi connectivity index (χ1v) is 6.18. The van der Waals surface area contributed by atoms with Crippen molar-refractivity contribution in [2.24, 2.45) is 0 Å². The molecule has 2 rings (SSSR count). The Morgan fingerprint density at radius 2 is 1.95 bits per heavy atom. The summed E-state index contributed by atoms with van der Waals surface area (Å²) in [6.45, 7) is 1.98. The Balaban J connectivity index is 2.21. The van der Waals surface area contributed by atoms with Crippen molar-refractivity contribution in [1.82, 2.24) is 0 Å². The molecule has 0 fully saturated rings. The maximum Gasteiger partial charge on any atom is 0.132 e. The summed E-state index contributed by atoms with van der Waals surface area (Å²) in [6.07, 6.45) is -0.456. The van der Waals surface area contributed by atoms with E-state index in [1.807, 2.05) is 31.2 Å². The Morgan fingerprint density at radius 1 is 1.21 bits per heavy atom. The predicted molar refractivity (Wildman–Crippen MR) is 72.8 cm³/mol. The van der Waals surface area contributed by atoms with Crippen LogP contribution in [0.1, 0.15) is 22.8 Å². The lowest BCUT2D eigenvalue weighted by molar-refractivity contribution is 0.173. The van der Waals surface area contributed by atoms with E-state index in [-0.39, 0.29) is 0 Å². The highest BCUT2D eigenvalue weighted by Gasteiger charge is 2.15. The first kappa shape index (κ1) is 13.6. The van der Waals surface area contributed by atoms with Crippen LogP contribution < -0.4 is 4.74 Å². The summed E-state index contributed by atoms with van der Waals surface area (Å²) in [7, 11) is 1.48. The summed E-state index contributed by atoms with van der Waals surface area (Å²) in [4.78, 5) is 0. The number of hydrogen-bond acceptors (Lipinski definition) is 2. The molecule has 2 nitrogen and oxygen atoms in total. The van der Waals surface area contributed by atoms with Gasteiger partial charge in [0.2, 0.25) is 0 Å². The molecule has 1 unspecified atom stereocenters. The summed E-state index contributed by atoms with van der Waals surface area (Å²) in [5.41, 5.74) is 2.41. The first-order valence-electron chi connectivity index (χ1n) is 6.18. The average molecular weight is 260 g/mol. The van der Waals surface area contributed by atoms with E-state index in [2.05, 4.69) is 0 Å². The van der Waals surface area contributed by atoms with Gasteiger partial charge < -0.3 is 9.84 Å². The van der Waals surface area contributed by atoms with Gasteiger partial charge in [-0.15, -0.1) is 0 Å². The van der Waals surface area contributed by atoms with Crippen LogP contribution in [0.25, 0.3) is 0 Å². The quantitative estimate of drug-likeness (QED) is 0.912. The van der Waals surface area contributed by atoms with E-state index in [1.165, 1.54) is 13.2 Å². The molecular formula is C16H17FO2. The number of methoxy groups -OCH3 is 1. The van der Waals surface area contributed by atoms with Gasteiger partial charge in [0.15, 0.2) is 0 Å². The number of hydrogen-bond donors (Lipinski definition) is 1. The van der Waals surface area contributed by atoms with Crippen molar-refractivity contribution in [2.75, 3.05) is 7.11 Å². The molecule has 0 aliphatic heterocycles. The Labute approximate surface area is 112 Å². The molecule has 0 heterocycles. The van der Waals surface area contributed by atoms with E-state index in [0.717, 1.165) is 11.1 Å². The molecule has 2 aromatic rings. The molecule has 0 bridgehead atoms. The minimum atomic E-state index is -0.855. The van der Waals surface area contributed by atoms with Gasteiger partial charge in [-0.1, -0.05) is 24.3 Å². The van der Waals surface area contributed by atoms with Crippen LogP contribution in [-0.4, -0.2) is 12.2 Å². The minimum absolute atomic E-state index is 0.295. The highest BCUT2D eigenvalue weighted by Crippen LogP contribution is 2.25. The third-order valence-electron chi connectivity index (χ3n) is 3.24. The number of aliphatic hydroxyl groups is 1. The molecule has 0 saturated carbocycles. The highest BCUT2D eigenvalue weighted by molar-refractivity contribution is 5.32. The molecular weight excluding hydrogens is 243 g/mol. The maximum absolute atomic E-state index is 13.9. The maximum atomic E-state index is 13.9. The van der Waals surface area contributed by atoms with E-state index in [4.69, 9.17) is 4.74 Å². The molecule has 3 heteroatoms. The minimum Gasteiger partial charge on any atom is -0.497 e. The van der Waals surface area contributed by atoms with Crippen LogP contribution in [-0.2, 0) is 6.42 Å². The van der Waals surface area contributed by atoms with Gasteiger partial charge in [-0.25, -0.2) is 4.39 Å². The van der Waals surface area contributed by atoms with E-state index in [1.54, 1.807) is 12.1 Å². The van der Waals surface area contributed by atoms with Crippen molar-refractivity contribution in [3.8, 4) is 5.75 Å². The molecule has 1 atom stereocenters. The van der Waals surface area contributed by atoms with E-state index in [9.17, 15) is 9.50 Å². The summed E-state index contributed by atoms with van der Waals surface area (Å²) in [5.74, 6) is 0.00442. The van der Waals surface area contributed by atoms with Crippen molar-refractivity contribution >= 4 is 0 Å². The fourth-order valence-corrected chi connectivity index (χ4v) is 2.06. The summed E-state index contributed by atoms with van der Waals surface area (Å²) >= 11 is 0. The second-order valence-corrected chi connectivity index (χ2v) is 4.53. The lowest BCUT2D eigenvalue weighted by atomic mass is 9.98. The van der Waals surface area contributed by atoms with E-state index in [0.29, 0.717) is 17.7 Å². The summed E-state index contributed by atoms with van der Waals surface area (Å²) < 4.78 is 18.8. The fraction of sp³-hybridized carbons (Fsp3) is 0.250. The predicted octanol–water partition coefficient (Wildman–Crippen LogP) is 3.42. The van der Waals surface area contributed by atoms with Gasteiger partial charge >= 0.3 is 0 Å². The van der Waals surface area contributed by atoms with Crippen LogP contribution in [0.5, 0.6) is 5.75 Å². The second kappa shape index (κ2) is 5.85. The lowest BCUT2D eigenvalue weighted by Gasteiger charge is -2.14. The third-order valence-corrected chi connectivity index (χ3v) is 3.24. The monoisotopic (exact) mass is 260 g/mol. The number of halogens is 1. The summed E-state index contributed by atoms with van der Waals surface area (Å²) in [6, 6.07) is 12.3. The van der Waals surface area contributed by atoms with Gasteiger partial charge in [0.05, 0.1) is 13.2 Å². The van der Waals surface area contributed by atoms with Gasteiger partial charge in [0.25, 0.3) is 0 Å². The van der Waals surface area contributed by atoms with Gasteiger partial charge in [-0.05, 0) is 30.2 Å². The Kier molecular flexibility index (Phi) is 4.17. The summed E-state index contributed by atoms with van der Waals surface area (Å²) in [5, 5.41) is 10.2. The van der Waals surface area contributed by atoms with Gasteiger partial charge in [0.1, 0.15) is 11.6 Å². The molecule has 0 aliphatic carbocycles. The van der Waals surface area contributed by atoms with Crippen LogP contribution in [0, 0.1) is 12.7 Å². The van der Waals surface area contributed by atoms with Crippen molar-refractivity contribution in [1.29, 1.82) is 0 Å². The number of ether oxygens (including phenoxy) is 1. The first-order chi connectivity index (χ1) is 9.11. The third kappa shape index (κ3) is 3.12. The van der Waals surface area contributed by atoms with Gasteiger partial charge in [-0.2, -0.15) is 0 Å². The zero-order valence-electron chi connectivity index (χ0n) is 11.1. The Hall–Kier alpha value is -1.87. The number of benzene rings is 2. The number of aliphatic hydroxyl groups excluding tert-OH is 1. The van der Waals surface area contributed by atoms with Crippen molar-refractivity contribution in [3.63, 3.8) is 0 Å². The fourth-order valence-electron chi connectivity index (χ4n) is 2.06. The molecule has 0 aliphatic rings. The molecule has 1 N–H and O–H groups in total. The largest absolute Gasteiger partial charge is 0.497 e. The molecule has 0 saturated heterocycles. The number of rotatable bonds is 4. The van der Waals surface area contributed by atoms with E-state index >= 15 is 0 Å². The lowest BCUT2D eigenvalue weighted by Crippen LogP contribution is -2.05. The standard InChI is InChI=1S/C16H17FO2/c1-11-5-3-4-6-12(11)9-16(18)14-8-7-13(19-2)10-15(14)17/h3-8,10,16,18H,9H2,1-2H3. The van der Waals surface area contributed by atoms with Gasteiger partial charge in [-0.3, -0.25) is 0 Å². The smallest absolute Gasteiger partial charge is 0.132 e. The normalized spacial score (nSPS) is 12.2. The van der Waals surface area contributed by atoms with Crippen LogP contribution in [0.3, 0.4) is 0 Å². The zero-order chi connectivity index (χ0) is 13.8. The van der Waals surface area contributed by atoms with Gasteiger partial charge in [0, 0.05) is 18.1 Å². The molecule has 0 spiro atoms.